The van der Waals surface area contributed by atoms with Gasteiger partial charge in [-0.15, -0.1) is 0 Å². The van der Waals surface area contributed by atoms with E-state index >= 15 is 0 Å². The molecule has 0 aromatic heterocycles. The molecule has 0 bridgehead atoms. The molecule has 0 saturated carbocycles. The molecule has 208 valence electrons. The first kappa shape index (κ1) is 27.4. The van der Waals surface area contributed by atoms with Gasteiger partial charge < -0.3 is 20.5 Å². The molecule has 5 rings (SSSR count). The zero-order valence-electron chi connectivity index (χ0n) is 22.5. The van der Waals surface area contributed by atoms with Crippen molar-refractivity contribution < 1.29 is 24.2 Å². The molecule has 0 spiro atoms. The third-order valence-electron chi connectivity index (χ3n) is 7.94. The van der Waals surface area contributed by atoms with Crippen molar-refractivity contribution in [3.8, 4) is 11.1 Å². The summed E-state index contributed by atoms with van der Waals surface area (Å²) in [5, 5.41) is 15.4. The van der Waals surface area contributed by atoms with Gasteiger partial charge >= 0.3 is 12.1 Å². The number of nitrogens with zero attached hydrogens (tertiary/aromatic N) is 1. The van der Waals surface area contributed by atoms with Gasteiger partial charge in [-0.3, -0.25) is 9.69 Å². The number of alkyl carbamates (subject to hydrolysis) is 1. The molecule has 8 heteroatoms. The lowest BCUT2D eigenvalue weighted by Gasteiger charge is -2.39. The lowest BCUT2D eigenvalue weighted by molar-refractivity contribution is -0.150. The molecule has 1 aliphatic heterocycles. The Kier molecular flexibility index (Phi) is 8.45. The molecule has 3 N–H and O–H groups in total. The molecule has 1 heterocycles. The smallest absolute Gasteiger partial charge is 0.407 e. The van der Waals surface area contributed by atoms with Gasteiger partial charge in [0.25, 0.3) is 0 Å². The first-order valence-corrected chi connectivity index (χ1v) is 13.8. The second kappa shape index (κ2) is 12.3. The highest BCUT2D eigenvalue weighted by Crippen LogP contribution is 2.44. The van der Waals surface area contributed by atoms with Crippen molar-refractivity contribution in [2.45, 2.75) is 43.7 Å². The molecule has 8 nitrogen and oxygen atoms in total. The maximum absolute atomic E-state index is 12.6. The van der Waals surface area contributed by atoms with Crippen molar-refractivity contribution >= 4 is 18.0 Å². The lowest BCUT2D eigenvalue weighted by Crippen LogP contribution is -2.60. The Morgan fingerprint density at radius 3 is 2.10 bits per heavy atom. The number of ether oxygens (including phenoxy) is 1. The summed E-state index contributed by atoms with van der Waals surface area (Å²) in [6, 6.07) is 26.4. The summed E-state index contributed by atoms with van der Waals surface area (Å²) in [6.45, 7) is 2.42. The number of hydrogen-bond acceptors (Lipinski definition) is 5. The van der Waals surface area contributed by atoms with Crippen molar-refractivity contribution in [1.82, 2.24) is 15.5 Å². The van der Waals surface area contributed by atoms with Crippen LogP contribution in [0.4, 0.5) is 4.79 Å². The minimum atomic E-state index is -1.26. The van der Waals surface area contributed by atoms with Crippen LogP contribution in [-0.4, -0.2) is 59.8 Å². The predicted molar refractivity (Wildman–Crippen MR) is 152 cm³/mol. The number of fused-ring (bicyclic) bond motifs is 3. The predicted octanol–water partition coefficient (Wildman–Crippen LogP) is 4.54. The summed E-state index contributed by atoms with van der Waals surface area (Å²) in [4.78, 5) is 39.3. The van der Waals surface area contributed by atoms with Crippen LogP contribution < -0.4 is 10.6 Å². The summed E-state index contributed by atoms with van der Waals surface area (Å²) in [6.07, 6.45) is 0.658. The van der Waals surface area contributed by atoms with E-state index < -0.39 is 17.6 Å². The van der Waals surface area contributed by atoms with Crippen LogP contribution in [0.2, 0.25) is 0 Å². The molecular weight excluding hydrogens is 506 g/mol. The molecule has 1 aliphatic carbocycles. The number of hydrogen-bond donors (Lipinski definition) is 3. The van der Waals surface area contributed by atoms with Crippen molar-refractivity contribution in [2.24, 2.45) is 0 Å². The van der Waals surface area contributed by atoms with Crippen LogP contribution >= 0.6 is 0 Å². The van der Waals surface area contributed by atoms with E-state index in [0.29, 0.717) is 32.4 Å². The summed E-state index contributed by atoms with van der Waals surface area (Å²) >= 11 is 0. The number of aliphatic carboxylic acids is 1. The zero-order chi connectivity index (χ0) is 28.0. The molecule has 3 aromatic carbocycles. The molecule has 3 aromatic rings. The van der Waals surface area contributed by atoms with E-state index in [4.69, 9.17) is 4.74 Å². The van der Waals surface area contributed by atoms with Crippen molar-refractivity contribution in [3.05, 3.63) is 95.6 Å². The van der Waals surface area contributed by atoms with Gasteiger partial charge in [0.05, 0.1) is 0 Å². The number of benzene rings is 3. The second-order valence-electron chi connectivity index (χ2n) is 10.6. The first-order chi connectivity index (χ1) is 19.4. The number of carbonyl (C=O) groups is 3. The highest BCUT2D eigenvalue weighted by molar-refractivity contribution is 5.87. The fourth-order valence-electron chi connectivity index (χ4n) is 5.75. The maximum atomic E-state index is 12.6. The van der Waals surface area contributed by atoms with E-state index in [1.54, 1.807) is 0 Å². The van der Waals surface area contributed by atoms with Gasteiger partial charge in [-0.1, -0.05) is 78.9 Å². The van der Waals surface area contributed by atoms with Gasteiger partial charge in [0.15, 0.2) is 0 Å². The van der Waals surface area contributed by atoms with Crippen LogP contribution in [0.25, 0.3) is 11.1 Å². The Hall–Kier alpha value is -4.17. The first-order valence-electron chi connectivity index (χ1n) is 13.8. The van der Waals surface area contributed by atoms with Crippen LogP contribution in [0.3, 0.4) is 0 Å². The Morgan fingerprint density at radius 1 is 0.875 bits per heavy atom. The number of nitrogens with one attached hydrogen (secondary N) is 2. The Morgan fingerprint density at radius 2 is 1.48 bits per heavy atom. The molecule has 0 atom stereocenters. The van der Waals surface area contributed by atoms with Crippen LogP contribution in [0.1, 0.15) is 48.3 Å². The van der Waals surface area contributed by atoms with E-state index in [2.05, 4.69) is 51.9 Å². The minimum Gasteiger partial charge on any atom is -0.480 e. The lowest BCUT2D eigenvalue weighted by atomic mass is 9.87. The molecule has 40 heavy (non-hydrogen) atoms. The van der Waals surface area contributed by atoms with Crippen molar-refractivity contribution in [2.75, 3.05) is 26.2 Å². The molecular formula is C32H35N3O5. The fourth-order valence-corrected chi connectivity index (χ4v) is 5.75. The zero-order valence-corrected chi connectivity index (χ0v) is 22.5. The van der Waals surface area contributed by atoms with E-state index in [1.165, 1.54) is 16.7 Å². The number of carboxylic acids is 1. The van der Waals surface area contributed by atoms with E-state index in [9.17, 15) is 19.5 Å². The highest BCUT2D eigenvalue weighted by Gasteiger charge is 2.42. The average Bonchev–Trinajstić information content (AvgIpc) is 3.29. The normalized spacial score (nSPS) is 16.0. The van der Waals surface area contributed by atoms with Gasteiger partial charge in [-0.05, 0) is 47.1 Å². The van der Waals surface area contributed by atoms with E-state index in [0.717, 1.165) is 17.7 Å². The van der Waals surface area contributed by atoms with Crippen LogP contribution in [0.15, 0.2) is 78.9 Å². The molecule has 2 amide bonds. The highest BCUT2D eigenvalue weighted by atomic mass is 16.5. The van der Waals surface area contributed by atoms with E-state index in [1.807, 2.05) is 42.5 Å². The second-order valence-corrected chi connectivity index (χ2v) is 10.6. The number of carboxylic acid groups (broad SMARTS) is 1. The van der Waals surface area contributed by atoms with Gasteiger partial charge in [0.2, 0.25) is 5.91 Å². The quantitative estimate of drug-likeness (QED) is 0.325. The third kappa shape index (κ3) is 6.18. The molecule has 1 saturated heterocycles. The molecule has 0 radical (unpaired) electrons. The SMILES string of the molecule is O=C(CCCNC(=O)OCC1c2ccccc2-c2ccccc21)NC1(C(=O)O)CCN(Cc2ccccc2)CC1. The summed E-state index contributed by atoms with van der Waals surface area (Å²) in [7, 11) is 0. The monoisotopic (exact) mass is 541 g/mol. The topological polar surface area (TPSA) is 108 Å². The third-order valence-corrected chi connectivity index (χ3v) is 7.94. The van der Waals surface area contributed by atoms with Crippen molar-refractivity contribution in [1.29, 1.82) is 0 Å². The maximum Gasteiger partial charge on any atom is 0.407 e. The molecule has 0 unspecified atom stereocenters. The van der Waals surface area contributed by atoms with Crippen LogP contribution in [-0.2, 0) is 20.9 Å². The Bertz CT molecular complexity index is 1310. The fraction of sp³-hybridized carbons (Fsp3) is 0.344. The number of amides is 2. The summed E-state index contributed by atoms with van der Waals surface area (Å²) in [5.74, 6) is -1.35. The minimum absolute atomic E-state index is 0.0183. The largest absolute Gasteiger partial charge is 0.480 e. The van der Waals surface area contributed by atoms with Crippen LogP contribution in [0, 0.1) is 0 Å². The van der Waals surface area contributed by atoms with Crippen molar-refractivity contribution in [3.63, 3.8) is 0 Å². The Balaban J connectivity index is 1.04. The average molecular weight is 542 g/mol. The standard InChI is InChI=1S/C32H35N3O5/c36-29(34-32(30(37)38)16-19-35(20-17-32)21-23-9-2-1-3-10-23)15-8-18-33-31(39)40-22-28-26-13-6-4-11-24(26)25-12-5-7-14-27(25)28/h1-7,9-14,28H,8,15-22H2,(H,33,39)(H,34,36)(H,37,38). The molecule has 1 fully saturated rings. The summed E-state index contributed by atoms with van der Waals surface area (Å²) in [5.41, 5.74) is 4.54. The molecule has 2 aliphatic rings. The van der Waals surface area contributed by atoms with E-state index in [-0.39, 0.29) is 31.4 Å². The van der Waals surface area contributed by atoms with Gasteiger partial charge in [-0.2, -0.15) is 0 Å². The van der Waals surface area contributed by atoms with Gasteiger partial charge in [0, 0.05) is 38.5 Å². The van der Waals surface area contributed by atoms with Gasteiger partial charge in [-0.25, -0.2) is 9.59 Å². The number of piperidine rings is 1. The number of rotatable bonds is 10. The van der Waals surface area contributed by atoms with Crippen LogP contribution in [0.5, 0.6) is 0 Å². The Labute approximate surface area is 234 Å². The number of likely N-dealkylation sites (tertiary alicyclic amines) is 1. The van der Waals surface area contributed by atoms with Gasteiger partial charge in [0.1, 0.15) is 12.1 Å². The summed E-state index contributed by atoms with van der Waals surface area (Å²) < 4.78 is 5.54. The number of carbonyl (C=O) groups excluding carboxylic acids is 2.